The fourth-order valence-electron chi connectivity index (χ4n) is 3.45. The van der Waals surface area contributed by atoms with E-state index in [0.29, 0.717) is 12.6 Å². The first kappa shape index (κ1) is 17.5. The molecule has 3 N–H and O–H groups in total. The van der Waals surface area contributed by atoms with Crippen LogP contribution in [0.15, 0.2) is 59.6 Å². The molecule has 1 saturated carbocycles. The van der Waals surface area contributed by atoms with Crippen LogP contribution in [0, 0.1) is 5.41 Å². The molecule has 3 rings (SSSR count). The summed E-state index contributed by atoms with van der Waals surface area (Å²) >= 11 is 0. The Bertz CT molecular complexity index is 708. The second-order valence-electron chi connectivity index (χ2n) is 6.93. The predicted molar refractivity (Wildman–Crippen MR) is 104 cm³/mol. The standard InChI is InChI=1S/C21H27N3O/c1-25-15-18-10-5-6-11-19(18)24-20(22)23-16-21(12-7-13-21)14-17-8-3-2-4-9-17/h2-6,8-11H,7,12-16H2,1H3,(H3,22,23,24). The molecule has 0 unspecified atom stereocenters. The zero-order valence-electron chi connectivity index (χ0n) is 14.9. The lowest BCUT2D eigenvalue weighted by Crippen LogP contribution is -2.36. The van der Waals surface area contributed by atoms with Crippen molar-refractivity contribution in [2.45, 2.75) is 32.3 Å². The number of para-hydroxylation sites is 1. The smallest absolute Gasteiger partial charge is 0.193 e. The van der Waals surface area contributed by atoms with Crippen molar-refractivity contribution in [3.63, 3.8) is 0 Å². The number of hydrogen-bond donors (Lipinski definition) is 2. The number of methoxy groups -OCH3 is 1. The Morgan fingerprint density at radius 2 is 1.84 bits per heavy atom. The molecule has 0 saturated heterocycles. The van der Waals surface area contributed by atoms with E-state index in [9.17, 15) is 0 Å². The van der Waals surface area contributed by atoms with E-state index >= 15 is 0 Å². The fraction of sp³-hybridized carbons (Fsp3) is 0.381. The molecule has 1 aliphatic rings. The van der Waals surface area contributed by atoms with Gasteiger partial charge in [0.25, 0.3) is 0 Å². The molecule has 1 fully saturated rings. The lowest BCUT2D eigenvalue weighted by Gasteiger charge is -2.41. The molecule has 0 bridgehead atoms. The first-order chi connectivity index (χ1) is 12.2. The molecule has 0 spiro atoms. The highest BCUT2D eigenvalue weighted by molar-refractivity contribution is 5.93. The van der Waals surface area contributed by atoms with E-state index in [4.69, 9.17) is 10.5 Å². The second-order valence-corrected chi connectivity index (χ2v) is 6.93. The summed E-state index contributed by atoms with van der Waals surface area (Å²) < 4.78 is 5.24. The number of anilines is 1. The minimum absolute atomic E-state index is 0.264. The molecule has 0 amide bonds. The number of guanidine groups is 1. The average Bonchev–Trinajstić information content (AvgIpc) is 2.60. The molecule has 0 atom stereocenters. The Morgan fingerprint density at radius 3 is 2.52 bits per heavy atom. The van der Waals surface area contributed by atoms with Crippen LogP contribution in [0.1, 0.15) is 30.4 Å². The van der Waals surface area contributed by atoms with Gasteiger partial charge in [-0.05, 0) is 36.3 Å². The molecule has 0 aromatic heterocycles. The molecule has 25 heavy (non-hydrogen) atoms. The lowest BCUT2D eigenvalue weighted by molar-refractivity contribution is 0.145. The highest BCUT2D eigenvalue weighted by atomic mass is 16.5. The summed E-state index contributed by atoms with van der Waals surface area (Å²) in [4.78, 5) is 4.65. The van der Waals surface area contributed by atoms with Crippen LogP contribution in [0.4, 0.5) is 5.69 Å². The first-order valence-corrected chi connectivity index (χ1v) is 8.88. The number of nitrogens with zero attached hydrogens (tertiary/aromatic N) is 1. The third-order valence-corrected chi connectivity index (χ3v) is 5.00. The normalized spacial score (nSPS) is 16.3. The molecule has 2 aromatic rings. The molecule has 4 nitrogen and oxygen atoms in total. The number of nitrogens with one attached hydrogen (secondary N) is 1. The van der Waals surface area contributed by atoms with Crippen molar-refractivity contribution in [1.82, 2.24) is 0 Å². The third kappa shape index (κ3) is 4.60. The fourth-order valence-corrected chi connectivity index (χ4v) is 3.45. The maximum atomic E-state index is 6.15. The van der Waals surface area contributed by atoms with E-state index in [1.807, 2.05) is 24.3 Å². The highest BCUT2D eigenvalue weighted by Gasteiger charge is 2.36. The van der Waals surface area contributed by atoms with E-state index in [1.54, 1.807) is 7.11 Å². The van der Waals surface area contributed by atoms with Gasteiger partial charge in [-0.2, -0.15) is 0 Å². The van der Waals surface area contributed by atoms with E-state index in [2.05, 4.69) is 40.6 Å². The lowest BCUT2D eigenvalue weighted by atomic mass is 9.65. The number of rotatable bonds is 7. The summed E-state index contributed by atoms with van der Waals surface area (Å²) in [5.41, 5.74) is 9.83. The van der Waals surface area contributed by atoms with Crippen molar-refractivity contribution in [2.24, 2.45) is 16.1 Å². The Hall–Kier alpha value is -2.33. The average molecular weight is 337 g/mol. The van der Waals surface area contributed by atoms with Crippen LogP contribution >= 0.6 is 0 Å². The zero-order chi connectivity index (χ0) is 17.5. The number of aliphatic imine (C=N–C) groups is 1. The molecule has 2 aromatic carbocycles. The van der Waals surface area contributed by atoms with E-state index in [1.165, 1.54) is 24.8 Å². The van der Waals surface area contributed by atoms with Crippen LogP contribution in [-0.4, -0.2) is 19.6 Å². The van der Waals surface area contributed by atoms with Crippen molar-refractivity contribution in [3.05, 3.63) is 65.7 Å². The van der Waals surface area contributed by atoms with Gasteiger partial charge >= 0.3 is 0 Å². The Balaban J connectivity index is 1.64. The molecule has 0 aliphatic heterocycles. The molecular weight excluding hydrogens is 310 g/mol. The monoisotopic (exact) mass is 337 g/mol. The number of hydrogen-bond acceptors (Lipinski definition) is 2. The Labute approximate surface area is 150 Å². The first-order valence-electron chi connectivity index (χ1n) is 8.88. The van der Waals surface area contributed by atoms with Crippen molar-refractivity contribution >= 4 is 11.6 Å². The number of ether oxygens (including phenoxy) is 1. The zero-order valence-corrected chi connectivity index (χ0v) is 14.9. The van der Waals surface area contributed by atoms with Crippen LogP contribution in [0.5, 0.6) is 0 Å². The highest BCUT2D eigenvalue weighted by Crippen LogP contribution is 2.44. The largest absolute Gasteiger partial charge is 0.380 e. The minimum atomic E-state index is 0.264. The van der Waals surface area contributed by atoms with Crippen molar-refractivity contribution < 1.29 is 4.74 Å². The van der Waals surface area contributed by atoms with Gasteiger partial charge in [0.05, 0.1) is 6.61 Å². The van der Waals surface area contributed by atoms with Crippen LogP contribution in [0.3, 0.4) is 0 Å². The van der Waals surface area contributed by atoms with Crippen LogP contribution in [0.25, 0.3) is 0 Å². The summed E-state index contributed by atoms with van der Waals surface area (Å²) in [6.07, 6.45) is 4.80. The molecule has 0 heterocycles. The van der Waals surface area contributed by atoms with E-state index < -0.39 is 0 Å². The van der Waals surface area contributed by atoms with Gasteiger partial charge in [0.1, 0.15) is 0 Å². The molecular formula is C21H27N3O. The predicted octanol–water partition coefficient (Wildman–Crippen LogP) is 3.97. The molecule has 4 heteroatoms. The number of nitrogens with two attached hydrogens (primary N) is 1. The van der Waals surface area contributed by atoms with Gasteiger partial charge in [0, 0.05) is 24.9 Å². The maximum Gasteiger partial charge on any atom is 0.193 e. The van der Waals surface area contributed by atoms with Crippen LogP contribution < -0.4 is 11.1 Å². The van der Waals surface area contributed by atoms with Crippen LogP contribution in [0.2, 0.25) is 0 Å². The van der Waals surface area contributed by atoms with Crippen molar-refractivity contribution in [1.29, 1.82) is 0 Å². The topological polar surface area (TPSA) is 59.6 Å². The number of benzene rings is 2. The summed E-state index contributed by atoms with van der Waals surface area (Å²) in [6.45, 7) is 1.32. The van der Waals surface area contributed by atoms with E-state index in [-0.39, 0.29) is 5.41 Å². The van der Waals surface area contributed by atoms with Gasteiger partial charge in [-0.25, -0.2) is 0 Å². The SMILES string of the molecule is COCc1ccccc1NC(N)=NCC1(Cc2ccccc2)CCC1. The summed E-state index contributed by atoms with van der Waals surface area (Å²) in [7, 11) is 1.69. The van der Waals surface area contributed by atoms with Crippen LogP contribution in [-0.2, 0) is 17.8 Å². The van der Waals surface area contributed by atoms with Crippen molar-refractivity contribution in [3.8, 4) is 0 Å². The van der Waals surface area contributed by atoms with Gasteiger partial charge < -0.3 is 15.8 Å². The Morgan fingerprint density at radius 1 is 1.12 bits per heavy atom. The van der Waals surface area contributed by atoms with Crippen molar-refractivity contribution in [2.75, 3.05) is 19.0 Å². The maximum absolute atomic E-state index is 6.15. The Kier molecular flexibility index (Phi) is 5.71. The van der Waals surface area contributed by atoms with Gasteiger partial charge in [-0.3, -0.25) is 4.99 Å². The van der Waals surface area contributed by atoms with Gasteiger partial charge in [0.2, 0.25) is 0 Å². The summed E-state index contributed by atoms with van der Waals surface area (Å²) in [5, 5.41) is 3.23. The quantitative estimate of drug-likeness (QED) is 0.593. The summed E-state index contributed by atoms with van der Waals surface area (Å²) in [5.74, 6) is 0.475. The van der Waals surface area contributed by atoms with Gasteiger partial charge in [0.15, 0.2) is 5.96 Å². The second kappa shape index (κ2) is 8.17. The van der Waals surface area contributed by atoms with E-state index in [0.717, 1.165) is 24.2 Å². The third-order valence-electron chi connectivity index (χ3n) is 5.00. The molecule has 0 radical (unpaired) electrons. The summed E-state index contributed by atoms with van der Waals surface area (Å²) in [6, 6.07) is 18.7. The minimum Gasteiger partial charge on any atom is -0.380 e. The van der Waals surface area contributed by atoms with Gasteiger partial charge in [-0.15, -0.1) is 0 Å². The molecule has 1 aliphatic carbocycles. The molecule has 132 valence electrons. The van der Waals surface area contributed by atoms with Gasteiger partial charge in [-0.1, -0.05) is 55.0 Å².